The maximum absolute atomic E-state index is 11.2. The van der Waals surface area contributed by atoms with E-state index in [2.05, 4.69) is 18.6 Å². The van der Waals surface area contributed by atoms with Gasteiger partial charge in [-0.05, 0) is 12.8 Å². The number of ether oxygens (including phenoxy) is 2. The molecule has 76 valence electrons. The molecular formula is C10H18O3. The molecule has 1 fully saturated rings. The molecule has 2 atom stereocenters. The summed E-state index contributed by atoms with van der Waals surface area (Å²) in [6, 6.07) is 0. The molecule has 0 bridgehead atoms. The molecule has 0 N–H and O–H groups in total. The first-order valence-electron chi connectivity index (χ1n) is 4.95. The van der Waals surface area contributed by atoms with Crippen molar-refractivity contribution in [2.24, 2.45) is 0 Å². The molecule has 13 heavy (non-hydrogen) atoms. The van der Waals surface area contributed by atoms with Crippen LogP contribution < -0.4 is 0 Å². The first kappa shape index (κ1) is 10.5. The van der Waals surface area contributed by atoms with Crippen LogP contribution >= 0.6 is 0 Å². The molecule has 0 radical (unpaired) electrons. The number of hydrogen-bond donors (Lipinski definition) is 0. The van der Waals surface area contributed by atoms with Crippen LogP contribution in [0.4, 0.5) is 0 Å². The van der Waals surface area contributed by atoms with Gasteiger partial charge in [-0.15, -0.1) is 0 Å². The second-order valence-corrected chi connectivity index (χ2v) is 3.54. The normalized spacial score (nSPS) is 31.5. The van der Waals surface area contributed by atoms with Gasteiger partial charge in [-0.1, -0.05) is 26.7 Å². The van der Waals surface area contributed by atoms with Gasteiger partial charge in [0.15, 0.2) is 6.10 Å². The standard InChI is InChI=1S/C10H18O3/c1-4-6-7-10(5-2)8(13-10)9(11)12-3/h8H,4-7H2,1-3H3. The lowest BCUT2D eigenvalue weighted by molar-refractivity contribution is -0.142. The summed E-state index contributed by atoms with van der Waals surface area (Å²) >= 11 is 0. The fourth-order valence-corrected chi connectivity index (χ4v) is 1.68. The largest absolute Gasteiger partial charge is 0.467 e. The number of epoxide rings is 1. The second-order valence-electron chi connectivity index (χ2n) is 3.54. The molecule has 0 amide bonds. The van der Waals surface area contributed by atoms with Gasteiger partial charge in [0, 0.05) is 0 Å². The van der Waals surface area contributed by atoms with E-state index in [1.807, 2.05) is 0 Å². The van der Waals surface area contributed by atoms with E-state index in [0.717, 1.165) is 25.7 Å². The quantitative estimate of drug-likeness (QED) is 0.486. The van der Waals surface area contributed by atoms with Gasteiger partial charge in [-0.2, -0.15) is 0 Å². The van der Waals surface area contributed by atoms with E-state index in [9.17, 15) is 4.79 Å². The summed E-state index contributed by atoms with van der Waals surface area (Å²) in [5.41, 5.74) is -0.191. The first-order valence-corrected chi connectivity index (χ1v) is 4.95. The van der Waals surface area contributed by atoms with E-state index in [4.69, 9.17) is 4.74 Å². The Morgan fingerprint density at radius 2 is 2.23 bits per heavy atom. The molecule has 2 unspecified atom stereocenters. The lowest BCUT2D eigenvalue weighted by Crippen LogP contribution is -2.21. The van der Waals surface area contributed by atoms with E-state index in [1.54, 1.807) is 0 Å². The minimum atomic E-state index is -0.297. The molecule has 1 heterocycles. The maximum Gasteiger partial charge on any atom is 0.338 e. The number of carbonyl (C=O) groups excluding carboxylic acids is 1. The molecule has 3 heteroatoms. The van der Waals surface area contributed by atoms with Crippen molar-refractivity contribution in [2.45, 2.75) is 51.2 Å². The first-order chi connectivity index (χ1) is 6.20. The molecule has 0 saturated carbocycles. The zero-order chi connectivity index (χ0) is 9.90. The molecule has 0 aromatic rings. The van der Waals surface area contributed by atoms with Gasteiger partial charge in [0.1, 0.15) is 5.60 Å². The SMILES string of the molecule is CCCCC1(CC)OC1C(=O)OC. The van der Waals surface area contributed by atoms with Crippen LogP contribution in [0.1, 0.15) is 39.5 Å². The average Bonchev–Trinajstić information content (AvgIpc) is 2.89. The van der Waals surface area contributed by atoms with Crippen LogP contribution in [-0.2, 0) is 14.3 Å². The molecular weight excluding hydrogens is 168 g/mol. The van der Waals surface area contributed by atoms with Gasteiger partial charge >= 0.3 is 5.97 Å². The van der Waals surface area contributed by atoms with Crippen molar-refractivity contribution in [1.82, 2.24) is 0 Å². The molecule has 1 aliphatic heterocycles. The van der Waals surface area contributed by atoms with Crippen molar-refractivity contribution in [3.05, 3.63) is 0 Å². The summed E-state index contributed by atoms with van der Waals surface area (Å²) in [4.78, 5) is 11.2. The van der Waals surface area contributed by atoms with Crippen LogP contribution in [0, 0.1) is 0 Å². The topological polar surface area (TPSA) is 38.8 Å². The van der Waals surface area contributed by atoms with Gasteiger partial charge in [0.25, 0.3) is 0 Å². The lowest BCUT2D eigenvalue weighted by Gasteiger charge is -2.07. The Bertz CT molecular complexity index is 191. The molecule has 0 spiro atoms. The Balaban J connectivity index is 2.43. The summed E-state index contributed by atoms with van der Waals surface area (Å²) in [6.45, 7) is 4.19. The fourth-order valence-electron chi connectivity index (χ4n) is 1.68. The monoisotopic (exact) mass is 186 g/mol. The third-order valence-corrected chi connectivity index (χ3v) is 2.74. The number of unbranched alkanes of at least 4 members (excludes halogenated alkanes) is 1. The van der Waals surface area contributed by atoms with Crippen LogP contribution in [0.25, 0.3) is 0 Å². The van der Waals surface area contributed by atoms with Gasteiger partial charge in [-0.3, -0.25) is 0 Å². The second kappa shape index (κ2) is 4.09. The van der Waals surface area contributed by atoms with E-state index in [0.29, 0.717) is 0 Å². The molecule has 0 aromatic heterocycles. The zero-order valence-corrected chi connectivity index (χ0v) is 8.63. The Labute approximate surface area is 79.4 Å². The highest BCUT2D eigenvalue weighted by Crippen LogP contribution is 2.44. The van der Waals surface area contributed by atoms with Crippen molar-refractivity contribution < 1.29 is 14.3 Å². The minimum Gasteiger partial charge on any atom is -0.467 e. The summed E-state index contributed by atoms with van der Waals surface area (Å²) in [6.07, 6.45) is 3.82. The molecule has 1 aliphatic rings. The van der Waals surface area contributed by atoms with E-state index in [1.165, 1.54) is 7.11 Å². The van der Waals surface area contributed by atoms with Crippen molar-refractivity contribution >= 4 is 5.97 Å². The molecule has 1 saturated heterocycles. The summed E-state index contributed by atoms with van der Waals surface area (Å²) < 4.78 is 10.1. The summed E-state index contributed by atoms with van der Waals surface area (Å²) in [5.74, 6) is -0.224. The Kier molecular flexibility index (Phi) is 3.31. The van der Waals surface area contributed by atoms with Gasteiger partial charge in [-0.25, -0.2) is 4.79 Å². The van der Waals surface area contributed by atoms with Crippen LogP contribution in [0.5, 0.6) is 0 Å². The summed E-state index contributed by atoms with van der Waals surface area (Å²) in [5, 5.41) is 0. The van der Waals surface area contributed by atoms with Crippen LogP contribution in [0.15, 0.2) is 0 Å². The molecule has 3 nitrogen and oxygen atoms in total. The highest BCUT2D eigenvalue weighted by molar-refractivity contribution is 5.79. The molecule has 1 rings (SSSR count). The maximum atomic E-state index is 11.2. The predicted molar refractivity (Wildman–Crippen MR) is 49.4 cm³/mol. The molecule has 0 aliphatic carbocycles. The van der Waals surface area contributed by atoms with Crippen molar-refractivity contribution in [2.75, 3.05) is 7.11 Å². The van der Waals surface area contributed by atoms with Gasteiger partial charge < -0.3 is 9.47 Å². The van der Waals surface area contributed by atoms with Crippen LogP contribution in [0.3, 0.4) is 0 Å². The Morgan fingerprint density at radius 1 is 1.54 bits per heavy atom. The van der Waals surface area contributed by atoms with Gasteiger partial charge in [0.2, 0.25) is 0 Å². The van der Waals surface area contributed by atoms with Crippen molar-refractivity contribution in [1.29, 1.82) is 0 Å². The number of hydrogen-bond acceptors (Lipinski definition) is 3. The average molecular weight is 186 g/mol. The van der Waals surface area contributed by atoms with Crippen LogP contribution in [-0.4, -0.2) is 24.8 Å². The highest BCUT2D eigenvalue weighted by Gasteiger charge is 2.59. The lowest BCUT2D eigenvalue weighted by atomic mass is 9.95. The number of esters is 1. The zero-order valence-electron chi connectivity index (χ0n) is 8.63. The van der Waals surface area contributed by atoms with Crippen molar-refractivity contribution in [3.63, 3.8) is 0 Å². The Morgan fingerprint density at radius 3 is 2.69 bits per heavy atom. The Hall–Kier alpha value is -0.570. The van der Waals surface area contributed by atoms with E-state index in [-0.39, 0.29) is 17.7 Å². The van der Waals surface area contributed by atoms with Crippen molar-refractivity contribution in [3.8, 4) is 0 Å². The van der Waals surface area contributed by atoms with E-state index >= 15 is 0 Å². The third-order valence-electron chi connectivity index (χ3n) is 2.74. The fraction of sp³-hybridized carbons (Fsp3) is 0.900. The minimum absolute atomic E-state index is 0.191. The third kappa shape index (κ3) is 2.02. The smallest absolute Gasteiger partial charge is 0.338 e. The number of carbonyl (C=O) groups is 1. The number of rotatable bonds is 5. The predicted octanol–water partition coefficient (Wildman–Crippen LogP) is 1.90. The van der Waals surface area contributed by atoms with Crippen LogP contribution in [0.2, 0.25) is 0 Å². The number of methoxy groups -OCH3 is 1. The molecule has 0 aromatic carbocycles. The highest BCUT2D eigenvalue weighted by atomic mass is 16.7. The van der Waals surface area contributed by atoms with Gasteiger partial charge in [0.05, 0.1) is 7.11 Å². The summed E-state index contributed by atoms with van der Waals surface area (Å²) in [7, 11) is 1.41. The van der Waals surface area contributed by atoms with E-state index < -0.39 is 0 Å².